The van der Waals surface area contributed by atoms with Crippen molar-refractivity contribution in [3.63, 3.8) is 0 Å². The van der Waals surface area contributed by atoms with Crippen molar-refractivity contribution in [1.82, 2.24) is 0 Å². The van der Waals surface area contributed by atoms with E-state index in [1.54, 1.807) is 12.1 Å². The molecule has 3 heteroatoms. The van der Waals surface area contributed by atoms with Crippen molar-refractivity contribution >= 4 is 11.6 Å². The standard InChI is InChI=1S/C11H13ClFN/c1-7(14)11(4-5-11)9-6-8(12)2-3-10(9)13/h2-3,6-7H,4-5,14H2,1H3. The lowest BCUT2D eigenvalue weighted by Crippen LogP contribution is -2.32. The van der Waals surface area contributed by atoms with Crippen LogP contribution in [-0.4, -0.2) is 6.04 Å². The number of benzene rings is 1. The van der Waals surface area contributed by atoms with E-state index in [0.717, 1.165) is 12.8 Å². The molecule has 1 aromatic rings. The van der Waals surface area contributed by atoms with Crippen LogP contribution in [0.1, 0.15) is 25.3 Å². The summed E-state index contributed by atoms with van der Waals surface area (Å²) in [5.74, 6) is -0.191. The van der Waals surface area contributed by atoms with Crippen LogP contribution in [0.4, 0.5) is 4.39 Å². The van der Waals surface area contributed by atoms with Gasteiger partial charge in [-0.15, -0.1) is 0 Å². The third-order valence-corrected chi connectivity index (χ3v) is 3.36. The lowest BCUT2D eigenvalue weighted by molar-refractivity contribution is 0.512. The van der Waals surface area contributed by atoms with E-state index >= 15 is 0 Å². The van der Waals surface area contributed by atoms with Gasteiger partial charge in [-0.3, -0.25) is 0 Å². The Morgan fingerprint density at radius 2 is 2.14 bits per heavy atom. The van der Waals surface area contributed by atoms with Gasteiger partial charge in [0.2, 0.25) is 0 Å². The Kier molecular flexibility index (Phi) is 2.28. The molecule has 0 saturated heterocycles. The van der Waals surface area contributed by atoms with Crippen molar-refractivity contribution in [3.05, 3.63) is 34.6 Å². The summed E-state index contributed by atoms with van der Waals surface area (Å²) < 4.78 is 13.6. The van der Waals surface area contributed by atoms with Crippen LogP contribution in [0.5, 0.6) is 0 Å². The van der Waals surface area contributed by atoms with Gasteiger partial charge >= 0.3 is 0 Å². The summed E-state index contributed by atoms with van der Waals surface area (Å²) in [5.41, 5.74) is 6.40. The Balaban J connectivity index is 2.46. The topological polar surface area (TPSA) is 26.0 Å². The predicted molar refractivity (Wildman–Crippen MR) is 56.0 cm³/mol. The molecule has 0 bridgehead atoms. The summed E-state index contributed by atoms with van der Waals surface area (Å²) in [6.45, 7) is 1.92. The Hall–Kier alpha value is -0.600. The molecule has 0 amide bonds. The van der Waals surface area contributed by atoms with Gasteiger partial charge in [0.15, 0.2) is 0 Å². The first-order valence-corrected chi connectivity index (χ1v) is 5.15. The third kappa shape index (κ3) is 1.43. The number of hydrogen-bond donors (Lipinski definition) is 1. The van der Waals surface area contributed by atoms with Crippen molar-refractivity contribution in [2.45, 2.75) is 31.2 Å². The molecule has 1 unspecified atom stereocenters. The average molecular weight is 214 g/mol. The number of halogens is 2. The minimum atomic E-state index is -0.191. The van der Waals surface area contributed by atoms with Crippen LogP contribution < -0.4 is 5.73 Å². The van der Waals surface area contributed by atoms with E-state index in [-0.39, 0.29) is 17.3 Å². The molecule has 0 aliphatic heterocycles. The number of hydrogen-bond acceptors (Lipinski definition) is 1. The maximum Gasteiger partial charge on any atom is 0.127 e. The summed E-state index contributed by atoms with van der Waals surface area (Å²) in [5, 5.41) is 0.577. The first-order chi connectivity index (χ1) is 6.56. The summed E-state index contributed by atoms with van der Waals surface area (Å²) in [7, 11) is 0. The first-order valence-electron chi connectivity index (χ1n) is 4.77. The van der Waals surface area contributed by atoms with Crippen LogP contribution in [0.25, 0.3) is 0 Å². The van der Waals surface area contributed by atoms with Crippen molar-refractivity contribution in [2.24, 2.45) is 5.73 Å². The molecule has 14 heavy (non-hydrogen) atoms. The zero-order chi connectivity index (χ0) is 10.3. The molecule has 76 valence electrons. The minimum Gasteiger partial charge on any atom is -0.327 e. The highest BCUT2D eigenvalue weighted by atomic mass is 35.5. The highest BCUT2D eigenvalue weighted by Gasteiger charge is 2.48. The van der Waals surface area contributed by atoms with Gasteiger partial charge in [0.25, 0.3) is 0 Å². The zero-order valence-corrected chi connectivity index (χ0v) is 8.81. The van der Waals surface area contributed by atoms with E-state index in [1.165, 1.54) is 6.07 Å². The Morgan fingerprint density at radius 3 is 2.64 bits per heavy atom. The van der Waals surface area contributed by atoms with E-state index in [0.29, 0.717) is 10.6 Å². The van der Waals surface area contributed by atoms with Crippen molar-refractivity contribution < 1.29 is 4.39 Å². The lowest BCUT2D eigenvalue weighted by atomic mass is 9.89. The van der Waals surface area contributed by atoms with Gasteiger partial charge in [0.05, 0.1) is 0 Å². The third-order valence-electron chi connectivity index (χ3n) is 3.13. The fourth-order valence-corrected chi connectivity index (χ4v) is 2.16. The van der Waals surface area contributed by atoms with Gasteiger partial charge in [-0.25, -0.2) is 4.39 Å². The Morgan fingerprint density at radius 1 is 1.50 bits per heavy atom. The van der Waals surface area contributed by atoms with Gasteiger partial charge in [0.1, 0.15) is 5.82 Å². The Labute approximate surface area is 88.1 Å². The molecule has 2 N–H and O–H groups in total. The van der Waals surface area contributed by atoms with E-state index in [9.17, 15) is 4.39 Å². The van der Waals surface area contributed by atoms with Crippen LogP contribution in [0.3, 0.4) is 0 Å². The van der Waals surface area contributed by atoms with Gasteiger partial charge in [0, 0.05) is 16.5 Å². The molecule has 2 rings (SSSR count). The highest BCUT2D eigenvalue weighted by Crippen LogP contribution is 2.51. The van der Waals surface area contributed by atoms with Crippen LogP contribution in [0, 0.1) is 5.82 Å². The molecule has 1 aliphatic carbocycles. The molecule has 1 aliphatic rings. The van der Waals surface area contributed by atoms with Crippen LogP contribution in [-0.2, 0) is 5.41 Å². The fraction of sp³-hybridized carbons (Fsp3) is 0.455. The van der Waals surface area contributed by atoms with E-state index in [2.05, 4.69) is 0 Å². The molecule has 0 radical (unpaired) electrons. The van der Waals surface area contributed by atoms with Gasteiger partial charge in [-0.05, 0) is 43.5 Å². The highest BCUT2D eigenvalue weighted by molar-refractivity contribution is 6.30. The van der Waals surface area contributed by atoms with E-state index in [1.807, 2.05) is 6.92 Å². The molecule has 1 saturated carbocycles. The Bertz CT molecular complexity index is 358. The van der Waals surface area contributed by atoms with Crippen molar-refractivity contribution in [1.29, 1.82) is 0 Å². The molecule has 1 atom stereocenters. The quantitative estimate of drug-likeness (QED) is 0.803. The SMILES string of the molecule is CC(N)C1(c2cc(Cl)ccc2F)CC1. The molecule has 1 aromatic carbocycles. The average Bonchev–Trinajstić information content (AvgIpc) is 2.90. The van der Waals surface area contributed by atoms with Gasteiger partial charge in [-0.1, -0.05) is 11.6 Å². The second-order valence-electron chi connectivity index (χ2n) is 4.07. The normalized spacial score (nSPS) is 20.6. The summed E-state index contributed by atoms with van der Waals surface area (Å²) in [4.78, 5) is 0. The smallest absolute Gasteiger partial charge is 0.127 e. The summed E-state index contributed by atoms with van der Waals surface area (Å²) in [6.07, 6.45) is 1.92. The molecule has 1 nitrogen and oxygen atoms in total. The fourth-order valence-electron chi connectivity index (χ4n) is 1.98. The van der Waals surface area contributed by atoms with Crippen LogP contribution in [0.15, 0.2) is 18.2 Å². The number of nitrogens with two attached hydrogens (primary N) is 1. The van der Waals surface area contributed by atoms with E-state index in [4.69, 9.17) is 17.3 Å². The maximum absolute atomic E-state index is 13.6. The first kappa shape index (κ1) is 9.94. The maximum atomic E-state index is 13.6. The largest absolute Gasteiger partial charge is 0.327 e. The molecule has 0 spiro atoms. The lowest BCUT2D eigenvalue weighted by Gasteiger charge is -2.20. The second-order valence-corrected chi connectivity index (χ2v) is 4.51. The molecular weight excluding hydrogens is 201 g/mol. The summed E-state index contributed by atoms with van der Waals surface area (Å²) >= 11 is 5.85. The molecule has 0 aromatic heterocycles. The zero-order valence-electron chi connectivity index (χ0n) is 8.06. The van der Waals surface area contributed by atoms with Crippen LogP contribution >= 0.6 is 11.6 Å². The van der Waals surface area contributed by atoms with Gasteiger partial charge < -0.3 is 5.73 Å². The summed E-state index contributed by atoms with van der Waals surface area (Å²) in [6, 6.07) is 4.67. The van der Waals surface area contributed by atoms with Crippen molar-refractivity contribution in [2.75, 3.05) is 0 Å². The predicted octanol–water partition coefficient (Wildman–Crippen LogP) is 2.86. The number of rotatable bonds is 2. The monoisotopic (exact) mass is 213 g/mol. The van der Waals surface area contributed by atoms with Crippen molar-refractivity contribution in [3.8, 4) is 0 Å². The molecule has 0 heterocycles. The minimum absolute atomic E-state index is 0.0181. The van der Waals surface area contributed by atoms with Crippen LogP contribution in [0.2, 0.25) is 5.02 Å². The van der Waals surface area contributed by atoms with Gasteiger partial charge in [-0.2, -0.15) is 0 Å². The molecular formula is C11H13ClFN. The van der Waals surface area contributed by atoms with E-state index < -0.39 is 0 Å². The second kappa shape index (κ2) is 3.21. The molecule has 1 fully saturated rings.